The molecule has 0 rings (SSSR count). The lowest BCUT2D eigenvalue weighted by atomic mass is 10.4. The summed E-state index contributed by atoms with van der Waals surface area (Å²) in [4.78, 5) is 0. The van der Waals surface area contributed by atoms with E-state index in [1.54, 1.807) is 0 Å². The Hall–Kier alpha value is 0.680. The van der Waals surface area contributed by atoms with Crippen LogP contribution in [-0.2, 0) is 4.74 Å². The summed E-state index contributed by atoms with van der Waals surface area (Å²) >= 11 is 11.6. The van der Waals surface area contributed by atoms with Crippen LogP contribution in [-0.4, -0.2) is 35.2 Å². The Kier molecular flexibility index (Phi) is 9.10. The molecule has 1 nitrogen and oxygen atoms in total. The van der Waals surface area contributed by atoms with Crippen molar-refractivity contribution in [3.8, 4) is 0 Å². The van der Waals surface area contributed by atoms with Crippen molar-refractivity contribution in [2.75, 3.05) is 18.2 Å². The third kappa shape index (κ3) is 7.87. The zero-order chi connectivity index (χ0) is 12.6. The standard InChI is InChI=1S/C9H15Cl2F3OS/c1-2-3-4-15-8(11)6-16-7(5-10)9(12,13)14/h7-8H,2-6H2,1H3. The van der Waals surface area contributed by atoms with Crippen LogP contribution < -0.4 is 0 Å². The monoisotopic (exact) mass is 298 g/mol. The Morgan fingerprint density at radius 2 is 2.00 bits per heavy atom. The number of rotatable bonds is 8. The molecule has 0 fully saturated rings. The number of thioether (sulfide) groups is 1. The smallest absolute Gasteiger partial charge is 0.362 e. The molecular weight excluding hydrogens is 284 g/mol. The van der Waals surface area contributed by atoms with Crippen LogP contribution in [0.3, 0.4) is 0 Å². The summed E-state index contributed by atoms with van der Waals surface area (Å²) in [6, 6.07) is 0. The zero-order valence-electron chi connectivity index (χ0n) is 8.90. The Morgan fingerprint density at radius 3 is 2.44 bits per heavy atom. The summed E-state index contributed by atoms with van der Waals surface area (Å²) < 4.78 is 42.0. The average molecular weight is 299 g/mol. The summed E-state index contributed by atoms with van der Waals surface area (Å²) in [7, 11) is 0. The maximum absolute atomic E-state index is 12.3. The van der Waals surface area contributed by atoms with Crippen molar-refractivity contribution in [2.45, 2.75) is 36.8 Å². The van der Waals surface area contributed by atoms with Crippen molar-refractivity contribution < 1.29 is 17.9 Å². The highest BCUT2D eigenvalue weighted by Gasteiger charge is 2.39. The second-order valence-corrected chi connectivity index (χ2v) is 5.18. The van der Waals surface area contributed by atoms with Gasteiger partial charge in [0.15, 0.2) is 0 Å². The molecule has 0 aliphatic heterocycles. The van der Waals surface area contributed by atoms with E-state index in [0.29, 0.717) is 18.4 Å². The van der Waals surface area contributed by atoms with Crippen molar-refractivity contribution in [3.05, 3.63) is 0 Å². The van der Waals surface area contributed by atoms with Crippen molar-refractivity contribution >= 4 is 35.0 Å². The van der Waals surface area contributed by atoms with E-state index < -0.39 is 22.9 Å². The van der Waals surface area contributed by atoms with Gasteiger partial charge in [-0.15, -0.1) is 23.4 Å². The quantitative estimate of drug-likeness (QED) is 0.489. The van der Waals surface area contributed by atoms with Crippen molar-refractivity contribution in [3.63, 3.8) is 0 Å². The van der Waals surface area contributed by atoms with Gasteiger partial charge in [0, 0.05) is 18.2 Å². The Bertz CT molecular complexity index is 181. The fraction of sp³-hybridized carbons (Fsp3) is 1.00. The lowest BCUT2D eigenvalue weighted by molar-refractivity contribution is -0.124. The van der Waals surface area contributed by atoms with E-state index in [1.165, 1.54) is 0 Å². The molecule has 0 N–H and O–H groups in total. The predicted octanol–water partition coefficient (Wildman–Crippen LogP) is 4.27. The van der Waals surface area contributed by atoms with Gasteiger partial charge >= 0.3 is 6.18 Å². The van der Waals surface area contributed by atoms with Crippen molar-refractivity contribution in [1.29, 1.82) is 0 Å². The second kappa shape index (κ2) is 8.72. The first-order valence-electron chi connectivity index (χ1n) is 4.91. The first-order valence-corrected chi connectivity index (χ1v) is 6.93. The lowest BCUT2D eigenvalue weighted by Crippen LogP contribution is -2.28. The number of alkyl halides is 5. The average Bonchev–Trinajstić information content (AvgIpc) is 2.17. The molecule has 0 spiro atoms. The number of hydrogen-bond acceptors (Lipinski definition) is 2. The summed E-state index contributed by atoms with van der Waals surface area (Å²) in [6.45, 7) is 2.47. The van der Waals surface area contributed by atoms with Gasteiger partial charge in [0.1, 0.15) is 10.8 Å². The molecule has 7 heteroatoms. The molecule has 0 radical (unpaired) electrons. The van der Waals surface area contributed by atoms with Crippen LogP contribution in [0.1, 0.15) is 19.8 Å². The first-order chi connectivity index (χ1) is 7.41. The van der Waals surface area contributed by atoms with Gasteiger partial charge in [0.2, 0.25) is 0 Å². The van der Waals surface area contributed by atoms with Gasteiger partial charge in [-0.2, -0.15) is 13.2 Å². The molecule has 0 heterocycles. The number of ether oxygens (including phenoxy) is 1. The van der Waals surface area contributed by atoms with Gasteiger partial charge in [-0.1, -0.05) is 24.9 Å². The number of unbranched alkanes of at least 4 members (excludes halogenated alkanes) is 1. The molecule has 0 aliphatic rings. The van der Waals surface area contributed by atoms with E-state index in [2.05, 4.69) is 0 Å². The molecule has 16 heavy (non-hydrogen) atoms. The molecule has 0 aromatic carbocycles. The van der Waals surface area contributed by atoms with Gasteiger partial charge in [0.05, 0.1) is 0 Å². The normalized spacial score (nSPS) is 16.1. The fourth-order valence-electron chi connectivity index (χ4n) is 0.822. The largest absolute Gasteiger partial charge is 0.401 e. The lowest BCUT2D eigenvalue weighted by Gasteiger charge is -2.18. The highest BCUT2D eigenvalue weighted by molar-refractivity contribution is 8.00. The molecule has 0 saturated heterocycles. The van der Waals surface area contributed by atoms with Crippen molar-refractivity contribution in [1.82, 2.24) is 0 Å². The van der Waals surface area contributed by atoms with Gasteiger partial charge in [0.25, 0.3) is 0 Å². The van der Waals surface area contributed by atoms with Crippen LogP contribution in [0, 0.1) is 0 Å². The van der Waals surface area contributed by atoms with Crippen molar-refractivity contribution in [2.24, 2.45) is 0 Å². The van der Waals surface area contributed by atoms with E-state index in [0.717, 1.165) is 12.8 Å². The number of hydrogen-bond donors (Lipinski definition) is 0. The SMILES string of the molecule is CCCCOC(Cl)CSC(CCl)C(F)(F)F. The molecular formula is C9H15Cl2F3OS. The maximum Gasteiger partial charge on any atom is 0.401 e. The van der Waals surface area contributed by atoms with Crippen LogP contribution in [0.25, 0.3) is 0 Å². The summed E-state index contributed by atoms with van der Waals surface area (Å²) in [5.41, 5.74) is -0.690. The number of halogens is 5. The third-order valence-corrected chi connectivity index (χ3v) is 4.02. The summed E-state index contributed by atoms with van der Waals surface area (Å²) in [5.74, 6) is -0.380. The van der Waals surface area contributed by atoms with E-state index in [4.69, 9.17) is 27.9 Å². The topological polar surface area (TPSA) is 9.23 Å². The first kappa shape index (κ1) is 16.7. The van der Waals surface area contributed by atoms with Gasteiger partial charge in [-0.3, -0.25) is 0 Å². The molecule has 0 saturated carbocycles. The van der Waals surface area contributed by atoms with E-state index in [1.807, 2.05) is 6.92 Å². The Labute approximate surface area is 108 Å². The van der Waals surface area contributed by atoms with E-state index in [-0.39, 0.29) is 5.75 Å². The summed E-state index contributed by atoms with van der Waals surface area (Å²) in [5, 5.41) is -1.58. The zero-order valence-corrected chi connectivity index (χ0v) is 11.2. The van der Waals surface area contributed by atoms with Crippen LogP contribution >= 0.6 is 35.0 Å². The maximum atomic E-state index is 12.3. The fourth-order valence-corrected chi connectivity index (χ4v) is 2.33. The Balaban J connectivity index is 3.75. The highest BCUT2D eigenvalue weighted by Crippen LogP contribution is 2.32. The van der Waals surface area contributed by atoms with E-state index >= 15 is 0 Å². The molecule has 0 aliphatic carbocycles. The van der Waals surface area contributed by atoms with Gasteiger partial charge in [-0.25, -0.2) is 0 Å². The molecule has 0 bridgehead atoms. The molecule has 0 aromatic rings. The minimum Gasteiger partial charge on any atom is -0.362 e. The predicted molar refractivity (Wildman–Crippen MR) is 63.5 cm³/mol. The van der Waals surface area contributed by atoms with Crippen LogP contribution in [0.15, 0.2) is 0 Å². The highest BCUT2D eigenvalue weighted by atomic mass is 35.5. The molecule has 2 unspecified atom stereocenters. The van der Waals surface area contributed by atoms with E-state index in [9.17, 15) is 13.2 Å². The van der Waals surface area contributed by atoms with Crippen LogP contribution in [0.4, 0.5) is 13.2 Å². The minimum atomic E-state index is -4.29. The van der Waals surface area contributed by atoms with Gasteiger partial charge < -0.3 is 4.74 Å². The van der Waals surface area contributed by atoms with Crippen LogP contribution in [0.2, 0.25) is 0 Å². The summed E-state index contributed by atoms with van der Waals surface area (Å²) in [6.07, 6.45) is -2.47. The Morgan fingerprint density at radius 1 is 1.38 bits per heavy atom. The molecule has 0 amide bonds. The molecule has 2 atom stereocenters. The second-order valence-electron chi connectivity index (χ2n) is 3.15. The molecule has 0 aromatic heterocycles. The minimum absolute atomic E-state index is 0.0855. The molecule has 98 valence electrons. The van der Waals surface area contributed by atoms with Crippen LogP contribution in [0.5, 0.6) is 0 Å². The third-order valence-electron chi connectivity index (χ3n) is 1.73. The van der Waals surface area contributed by atoms with Gasteiger partial charge in [-0.05, 0) is 6.42 Å².